The predicted octanol–water partition coefficient (Wildman–Crippen LogP) is 3.47. The van der Waals surface area contributed by atoms with Crippen molar-refractivity contribution in [3.63, 3.8) is 0 Å². The highest BCUT2D eigenvalue weighted by molar-refractivity contribution is 9.10. The SMILES string of the molecule is Cc1nc(COc2ccc(CNCC(C)C)cc2Br)no1. The van der Waals surface area contributed by atoms with Gasteiger partial charge in [-0.05, 0) is 46.1 Å². The van der Waals surface area contributed by atoms with E-state index < -0.39 is 0 Å². The molecule has 0 amide bonds. The van der Waals surface area contributed by atoms with Crippen molar-refractivity contribution in [2.45, 2.75) is 33.9 Å². The van der Waals surface area contributed by atoms with Gasteiger partial charge in [0.25, 0.3) is 0 Å². The molecule has 6 heteroatoms. The molecule has 0 bridgehead atoms. The Balaban J connectivity index is 1.89. The predicted molar refractivity (Wildman–Crippen MR) is 84.1 cm³/mol. The van der Waals surface area contributed by atoms with Crippen LogP contribution in [0.5, 0.6) is 5.75 Å². The molecule has 21 heavy (non-hydrogen) atoms. The van der Waals surface area contributed by atoms with Crippen molar-refractivity contribution in [1.29, 1.82) is 0 Å². The molecule has 0 spiro atoms. The van der Waals surface area contributed by atoms with Crippen molar-refractivity contribution in [3.8, 4) is 5.75 Å². The summed E-state index contributed by atoms with van der Waals surface area (Å²) >= 11 is 3.53. The van der Waals surface area contributed by atoms with Crippen LogP contribution in [0, 0.1) is 12.8 Å². The zero-order valence-corrected chi connectivity index (χ0v) is 14.1. The second kappa shape index (κ2) is 7.56. The van der Waals surface area contributed by atoms with Gasteiger partial charge in [-0.15, -0.1) is 0 Å². The average molecular weight is 354 g/mol. The number of benzene rings is 1. The van der Waals surface area contributed by atoms with Gasteiger partial charge in [0.15, 0.2) is 6.61 Å². The lowest BCUT2D eigenvalue weighted by molar-refractivity contribution is 0.284. The number of aromatic nitrogens is 2. The summed E-state index contributed by atoms with van der Waals surface area (Å²) in [4.78, 5) is 4.10. The van der Waals surface area contributed by atoms with E-state index in [1.165, 1.54) is 5.56 Å². The highest BCUT2D eigenvalue weighted by Gasteiger charge is 2.07. The lowest BCUT2D eigenvalue weighted by Gasteiger charge is -2.10. The topological polar surface area (TPSA) is 60.2 Å². The third-order valence-electron chi connectivity index (χ3n) is 2.80. The van der Waals surface area contributed by atoms with Crippen LogP contribution in [0.4, 0.5) is 0 Å². The van der Waals surface area contributed by atoms with E-state index in [-0.39, 0.29) is 0 Å². The quantitative estimate of drug-likeness (QED) is 0.825. The highest BCUT2D eigenvalue weighted by atomic mass is 79.9. The van der Waals surface area contributed by atoms with Gasteiger partial charge in [-0.25, -0.2) is 0 Å². The molecule has 0 fully saturated rings. The second-order valence-electron chi connectivity index (χ2n) is 5.31. The van der Waals surface area contributed by atoms with Crippen LogP contribution in [-0.2, 0) is 13.2 Å². The smallest absolute Gasteiger partial charge is 0.223 e. The summed E-state index contributed by atoms with van der Waals surface area (Å²) in [6.45, 7) is 8.29. The van der Waals surface area contributed by atoms with Crippen LogP contribution in [0.2, 0.25) is 0 Å². The van der Waals surface area contributed by atoms with E-state index in [2.05, 4.69) is 57.4 Å². The first-order chi connectivity index (χ1) is 10.0. The first kappa shape index (κ1) is 16.0. The van der Waals surface area contributed by atoms with E-state index in [1.54, 1.807) is 6.92 Å². The summed E-state index contributed by atoms with van der Waals surface area (Å²) in [5.41, 5.74) is 1.21. The van der Waals surface area contributed by atoms with Crippen LogP contribution < -0.4 is 10.1 Å². The Morgan fingerprint density at radius 3 is 2.81 bits per heavy atom. The molecule has 5 nitrogen and oxygen atoms in total. The molecule has 1 N–H and O–H groups in total. The molecular weight excluding hydrogens is 334 g/mol. The molecule has 2 rings (SSSR count). The fourth-order valence-corrected chi connectivity index (χ4v) is 2.36. The van der Waals surface area contributed by atoms with E-state index in [4.69, 9.17) is 9.26 Å². The van der Waals surface area contributed by atoms with Gasteiger partial charge in [-0.3, -0.25) is 0 Å². The normalized spacial score (nSPS) is 11.1. The Morgan fingerprint density at radius 1 is 1.38 bits per heavy atom. The van der Waals surface area contributed by atoms with Crippen molar-refractivity contribution >= 4 is 15.9 Å². The third kappa shape index (κ3) is 5.13. The Kier molecular flexibility index (Phi) is 5.76. The van der Waals surface area contributed by atoms with Gasteiger partial charge in [0.05, 0.1) is 4.47 Å². The lowest BCUT2D eigenvalue weighted by Crippen LogP contribution is -2.18. The van der Waals surface area contributed by atoms with Crippen LogP contribution in [-0.4, -0.2) is 16.7 Å². The van der Waals surface area contributed by atoms with Gasteiger partial charge in [0.2, 0.25) is 11.7 Å². The molecule has 1 heterocycles. The summed E-state index contributed by atoms with van der Waals surface area (Å²) in [7, 11) is 0. The molecule has 0 saturated heterocycles. The summed E-state index contributed by atoms with van der Waals surface area (Å²) in [5.74, 6) is 2.50. The van der Waals surface area contributed by atoms with Gasteiger partial charge < -0.3 is 14.6 Å². The largest absolute Gasteiger partial charge is 0.484 e. The molecule has 114 valence electrons. The maximum absolute atomic E-state index is 5.68. The number of nitrogens with one attached hydrogen (secondary N) is 1. The van der Waals surface area contributed by atoms with Gasteiger partial charge in [0.1, 0.15) is 5.75 Å². The molecular formula is C15H20BrN3O2. The molecule has 2 aromatic rings. The Labute approximate surface area is 133 Å². The van der Waals surface area contributed by atoms with E-state index in [9.17, 15) is 0 Å². The van der Waals surface area contributed by atoms with Crippen LogP contribution in [0.1, 0.15) is 31.1 Å². The molecule has 0 aliphatic heterocycles. The minimum absolute atomic E-state index is 0.293. The second-order valence-corrected chi connectivity index (χ2v) is 6.16. The summed E-state index contributed by atoms with van der Waals surface area (Å²) in [5, 5.41) is 7.21. The number of ether oxygens (including phenoxy) is 1. The Morgan fingerprint density at radius 2 is 2.19 bits per heavy atom. The van der Waals surface area contributed by atoms with Crippen molar-refractivity contribution in [2.24, 2.45) is 5.92 Å². The minimum Gasteiger partial charge on any atom is -0.484 e. The molecule has 0 radical (unpaired) electrons. The third-order valence-corrected chi connectivity index (χ3v) is 3.42. The van der Waals surface area contributed by atoms with E-state index >= 15 is 0 Å². The summed E-state index contributed by atoms with van der Waals surface area (Å²) < 4.78 is 11.5. The maximum Gasteiger partial charge on any atom is 0.223 e. The van der Waals surface area contributed by atoms with Crippen LogP contribution in [0.3, 0.4) is 0 Å². The number of aryl methyl sites for hydroxylation is 1. The lowest BCUT2D eigenvalue weighted by atomic mass is 10.2. The zero-order chi connectivity index (χ0) is 15.2. The first-order valence-corrected chi connectivity index (χ1v) is 7.75. The van der Waals surface area contributed by atoms with E-state index in [1.807, 2.05) is 6.07 Å². The minimum atomic E-state index is 0.293. The number of halogens is 1. The molecule has 1 aromatic heterocycles. The van der Waals surface area contributed by atoms with Gasteiger partial charge in [-0.2, -0.15) is 4.98 Å². The fraction of sp³-hybridized carbons (Fsp3) is 0.467. The van der Waals surface area contributed by atoms with Crippen molar-refractivity contribution in [1.82, 2.24) is 15.5 Å². The molecule has 0 atom stereocenters. The molecule has 0 aliphatic rings. The number of nitrogens with zero attached hydrogens (tertiary/aromatic N) is 2. The van der Waals surface area contributed by atoms with Gasteiger partial charge in [-0.1, -0.05) is 25.1 Å². The Bertz CT molecular complexity index is 584. The monoisotopic (exact) mass is 353 g/mol. The maximum atomic E-state index is 5.68. The highest BCUT2D eigenvalue weighted by Crippen LogP contribution is 2.26. The van der Waals surface area contributed by atoms with Gasteiger partial charge in [0, 0.05) is 13.5 Å². The van der Waals surface area contributed by atoms with Gasteiger partial charge >= 0.3 is 0 Å². The van der Waals surface area contributed by atoms with Crippen molar-refractivity contribution in [3.05, 3.63) is 40.0 Å². The van der Waals surface area contributed by atoms with E-state index in [0.29, 0.717) is 24.2 Å². The fourth-order valence-electron chi connectivity index (χ4n) is 1.82. The van der Waals surface area contributed by atoms with Crippen LogP contribution >= 0.6 is 15.9 Å². The van der Waals surface area contributed by atoms with Crippen molar-refractivity contribution < 1.29 is 9.26 Å². The number of hydrogen-bond acceptors (Lipinski definition) is 5. The number of rotatable bonds is 7. The van der Waals surface area contributed by atoms with Crippen LogP contribution in [0.25, 0.3) is 0 Å². The zero-order valence-electron chi connectivity index (χ0n) is 12.5. The molecule has 0 aliphatic carbocycles. The first-order valence-electron chi connectivity index (χ1n) is 6.95. The summed E-state index contributed by atoms with van der Waals surface area (Å²) in [6, 6.07) is 6.06. The average Bonchev–Trinajstić information content (AvgIpc) is 2.83. The van der Waals surface area contributed by atoms with E-state index in [0.717, 1.165) is 23.3 Å². The molecule has 1 aromatic carbocycles. The molecule has 0 unspecified atom stereocenters. The number of hydrogen-bond donors (Lipinski definition) is 1. The summed E-state index contributed by atoms with van der Waals surface area (Å²) in [6.07, 6.45) is 0. The molecule has 0 saturated carbocycles. The van der Waals surface area contributed by atoms with Crippen LogP contribution in [0.15, 0.2) is 27.2 Å². The van der Waals surface area contributed by atoms with Crippen molar-refractivity contribution in [2.75, 3.05) is 6.54 Å². The Hall–Kier alpha value is -1.40. The standard InChI is InChI=1S/C15H20BrN3O2/c1-10(2)7-17-8-12-4-5-14(13(16)6-12)20-9-15-18-11(3)21-19-15/h4-6,10,17H,7-9H2,1-3H3.